The monoisotopic (exact) mass is 261 g/mol. The van der Waals surface area contributed by atoms with Crippen LogP contribution < -0.4 is 15.8 Å². The Balaban J connectivity index is 1.87. The van der Waals surface area contributed by atoms with Crippen molar-refractivity contribution < 1.29 is 4.74 Å². The summed E-state index contributed by atoms with van der Waals surface area (Å²) in [6.45, 7) is 4.17. The maximum Gasteiger partial charge on any atom is 0.141 e. The average Bonchev–Trinajstić information content (AvgIpc) is 2.49. The van der Waals surface area contributed by atoms with Gasteiger partial charge in [-0.2, -0.15) is 0 Å². The van der Waals surface area contributed by atoms with E-state index in [1.165, 1.54) is 25.9 Å². The normalized spacial score (nSPS) is 33.2. The van der Waals surface area contributed by atoms with Crippen molar-refractivity contribution in [2.45, 2.75) is 18.4 Å². The highest BCUT2D eigenvalue weighted by atomic mass is 16.5. The van der Waals surface area contributed by atoms with Gasteiger partial charge in [-0.3, -0.25) is 0 Å². The van der Waals surface area contributed by atoms with Gasteiger partial charge in [0.05, 0.1) is 18.3 Å². The Kier molecular flexibility index (Phi) is 3.37. The summed E-state index contributed by atoms with van der Waals surface area (Å²) in [4.78, 5) is 2.52. The van der Waals surface area contributed by atoms with Crippen molar-refractivity contribution >= 4 is 5.69 Å². The molecule has 0 aliphatic carbocycles. The van der Waals surface area contributed by atoms with E-state index in [1.807, 2.05) is 18.2 Å². The number of anilines is 1. The Morgan fingerprint density at radius 3 is 2.68 bits per heavy atom. The predicted octanol–water partition coefficient (Wildman–Crippen LogP) is 1.53. The van der Waals surface area contributed by atoms with Crippen molar-refractivity contribution in [2.24, 2.45) is 11.7 Å². The lowest BCUT2D eigenvalue weighted by atomic mass is 9.72. The number of fused-ring (bicyclic) bond motifs is 3. The van der Waals surface area contributed by atoms with Gasteiger partial charge in [-0.1, -0.05) is 12.1 Å². The van der Waals surface area contributed by atoms with Crippen molar-refractivity contribution in [3.8, 4) is 5.75 Å². The van der Waals surface area contributed by atoms with Gasteiger partial charge in [0, 0.05) is 13.1 Å². The Hall–Kier alpha value is -1.26. The summed E-state index contributed by atoms with van der Waals surface area (Å²) in [7, 11) is 1.71. The number of nitrogens with zero attached hydrogens (tertiary/aromatic N) is 1. The highest BCUT2D eigenvalue weighted by molar-refractivity contribution is 5.58. The number of hydrogen-bond acceptors (Lipinski definition) is 4. The number of hydrogen-bond donors (Lipinski definition) is 2. The molecular formula is C15H23N3O. The van der Waals surface area contributed by atoms with E-state index in [0.29, 0.717) is 12.5 Å². The van der Waals surface area contributed by atoms with Crippen LogP contribution in [0.3, 0.4) is 0 Å². The highest BCUT2D eigenvalue weighted by Gasteiger charge is 2.46. The minimum Gasteiger partial charge on any atom is -0.495 e. The molecule has 4 rings (SSSR count). The van der Waals surface area contributed by atoms with Crippen LogP contribution in [-0.4, -0.2) is 43.7 Å². The maximum atomic E-state index is 6.13. The zero-order chi connectivity index (χ0) is 13.3. The van der Waals surface area contributed by atoms with E-state index in [0.717, 1.165) is 18.0 Å². The number of rotatable bonds is 4. The third kappa shape index (κ3) is 2.19. The zero-order valence-corrected chi connectivity index (χ0v) is 11.6. The van der Waals surface area contributed by atoms with Crippen LogP contribution in [0.4, 0.5) is 5.69 Å². The lowest BCUT2D eigenvalue weighted by molar-refractivity contribution is 0.0448. The number of ether oxygens (including phenoxy) is 1. The van der Waals surface area contributed by atoms with Crippen LogP contribution in [0.5, 0.6) is 5.75 Å². The van der Waals surface area contributed by atoms with Gasteiger partial charge < -0.3 is 20.7 Å². The number of methoxy groups -OCH3 is 1. The summed E-state index contributed by atoms with van der Waals surface area (Å²) in [5.74, 6) is 1.57. The number of nitrogens with one attached hydrogen (secondary N) is 1. The average molecular weight is 261 g/mol. The summed E-state index contributed by atoms with van der Waals surface area (Å²) >= 11 is 0. The molecule has 0 saturated carbocycles. The van der Waals surface area contributed by atoms with E-state index in [1.54, 1.807) is 7.11 Å². The van der Waals surface area contributed by atoms with E-state index >= 15 is 0 Å². The van der Waals surface area contributed by atoms with Crippen LogP contribution in [0.25, 0.3) is 0 Å². The molecule has 3 aliphatic rings. The molecule has 1 aromatic rings. The van der Waals surface area contributed by atoms with Gasteiger partial charge in [-0.25, -0.2) is 0 Å². The lowest BCUT2D eigenvalue weighted by Crippen LogP contribution is -2.66. The quantitative estimate of drug-likeness (QED) is 0.863. The van der Waals surface area contributed by atoms with E-state index in [2.05, 4.69) is 16.3 Å². The van der Waals surface area contributed by atoms with Gasteiger partial charge >= 0.3 is 0 Å². The predicted molar refractivity (Wildman–Crippen MR) is 77.6 cm³/mol. The number of nitrogens with two attached hydrogens (primary N) is 1. The molecule has 3 saturated heterocycles. The standard InChI is InChI=1S/C15H23N3O/c1-19-14-5-3-2-4-13(14)17-15(10-16)11-18-8-6-12(15)7-9-18/h2-5,12,17H,6-11,16H2,1H3. The maximum absolute atomic E-state index is 6.13. The van der Waals surface area contributed by atoms with Crippen LogP contribution in [0.15, 0.2) is 24.3 Å². The molecule has 104 valence electrons. The number of piperidine rings is 3. The molecule has 19 heavy (non-hydrogen) atoms. The molecule has 3 N–H and O–H groups in total. The first kappa shape index (κ1) is 12.8. The van der Waals surface area contributed by atoms with Crippen LogP contribution in [0, 0.1) is 5.92 Å². The third-order valence-corrected chi connectivity index (χ3v) is 4.73. The van der Waals surface area contributed by atoms with Crippen LogP contribution >= 0.6 is 0 Å². The second-order valence-corrected chi connectivity index (χ2v) is 5.74. The molecule has 3 heterocycles. The fraction of sp³-hybridized carbons (Fsp3) is 0.600. The van der Waals surface area contributed by atoms with E-state index in [4.69, 9.17) is 10.5 Å². The first-order valence-corrected chi connectivity index (χ1v) is 7.11. The fourth-order valence-corrected chi connectivity index (χ4v) is 3.61. The molecule has 2 bridgehead atoms. The van der Waals surface area contributed by atoms with Crippen LogP contribution in [-0.2, 0) is 0 Å². The van der Waals surface area contributed by atoms with Gasteiger partial charge in [-0.15, -0.1) is 0 Å². The van der Waals surface area contributed by atoms with Gasteiger partial charge in [-0.05, 0) is 44.0 Å². The third-order valence-electron chi connectivity index (χ3n) is 4.73. The molecular weight excluding hydrogens is 238 g/mol. The summed E-state index contributed by atoms with van der Waals surface area (Å²) < 4.78 is 5.44. The van der Waals surface area contributed by atoms with Crippen molar-refractivity contribution in [1.82, 2.24) is 4.90 Å². The van der Waals surface area contributed by atoms with Crippen molar-refractivity contribution in [3.05, 3.63) is 24.3 Å². The smallest absolute Gasteiger partial charge is 0.141 e. The molecule has 3 aliphatic heterocycles. The van der Waals surface area contributed by atoms with E-state index in [-0.39, 0.29) is 5.54 Å². The van der Waals surface area contributed by atoms with E-state index < -0.39 is 0 Å². The molecule has 0 aromatic heterocycles. The van der Waals surface area contributed by atoms with Crippen molar-refractivity contribution in [2.75, 3.05) is 38.6 Å². The van der Waals surface area contributed by atoms with Crippen LogP contribution in [0.1, 0.15) is 12.8 Å². The van der Waals surface area contributed by atoms with Gasteiger partial charge in [0.25, 0.3) is 0 Å². The van der Waals surface area contributed by atoms with Crippen LogP contribution in [0.2, 0.25) is 0 Å². The largest absolute Gasteiger partial charge is 0.495 e. The summed E-state index contributed by atoms with van der Waals surface area (Å²) in [5.41, 5.74) is 7.20. The number of benzene rings is 1. The molecule has 4 nitrogen and oxygen atoms in total. The summed E-state index contributed by atoms with van der Waals surface area (Å²) in [6.07, 6.45) is 2.50. The summed E-state index contributed by atoms with van der Waals surface area (Å²) in [5, 5.41) is 3.70. The van der Waals surface area contributed by atoms with Crippen molar-refractivity contribution in [3.63, 3.8) is 0 Å². The topological polar surface area (TPSA) is 50.5 Å². The van der Waals surface area contributed by atoms with Gasteiger partial charge in [0.2, 0.25) is 0 Å². The van der Waals surface area contributed by atoms with Gasteiger partial charge in [0.15, 0.2) is 0 Å². The minimum absolute atomic E-state index is 0.00509. The first-order valence-electron chi connectivity index (χ1n) is 7.11. The van der Waals surface area contributed by atoms with E-state index in [9.17, 15) is 0 Å². The Morgan fingerprint density at radius 1 is 1.37 bits per heavy atom. The molecule has 1 atom stereocenters. The second kappa shape index (κ2) is 5.02. The molecule has 0 amide bonds. The zero-order valence-electron chi connectivity index (χ0n) is 11.6. The minimum atomic E-state index is 0.00509. The Bertz CT molecular complexity index is 443. The molecule has 4 heteroatoms. The van der Waals surface area contributed by atoms with Gasteiger partial charge in [0.1, 0.15) is 5.75 Å². The Morgan fingerprint density at radius 2 is 2.11 bits per heavy atom. The lowest BCUT2D eigenvalue weighted by Gasteiger charge is -2.53. The Labute approximate surface area is 114 Å². The second-order valence-electron chi connectivity index (χ2n) is 5.74. The fourth-order valence-electron chi connectivity index (χ4n) is 3.61. The summed E-state index contributed by atoms with van der Waals surface area (Å²) in [6, 6.07) is 8.11. The van der Waals surface area contributed by atoms with Crippen molar-refractivity contribution in [1.29, 1.82) is 0 Å². The molecule has 0 spiro atoms. The molecule has 1 unspecified atom stereocenters. The number of para-hydroxylation sites is 2. The molecule has 3 fully saturated rings. The first-order chi connectivity index (χ1) is 9.27. The molecule has 0 radical (unpaired) electrons. The SMILES string of the molecule is COc1ccccc1NC1(CN)CN2CCC1CC2. The highest BCUT2D eigenvalue weighted by Crippen LogP contribution is 2.39. The molecule has 1 aromatic carbocycles.